The van der Waals surface area contributed by atoms with E-state index in [0.29, 0.717) is 6.54 Å². The molecule has 0 aliphatic carbocycles. The third kappa shape index (κ3) is 3.98. The van der Waals surface area contributed by atoms with Gasteiger partial charge in [0.25, 0.3) is 0 Å². The molecule has 1 N–H and O–H groups in total. The van der Waals surface area contributed by atoms with Gasteiger partial charge in [0.05, 0.1) is 12.6 Å². The molecule has 3 heterocycles. The summed E-state index contributed by atoms with van der Waals surface area (Å²) in [5.41, 5.74) is 3.40. The SMILES string of the molecule is CN1CCCCC[C@H]1C(=O)NC[C@H]1Cc2cccc(-c3ccncc3)c2O1. The van der Waals surface area contributed by atoms with Gasteiger partial charge in [-0.25, -0.2) is 0 Å². The third-order valence-corrected chi connectivity index (χ3v) is 5.65. The Labute approximate surface area is 160 Å². The molecule has 0 spiro atoms. The van der Waals surface area contributed by atoms with Gasteiger partial charge in [-0.2, -0.15) is 0 Å². The first kappa shape index (κ1) is 18.0. The van der Waals surface area contributed by atoms with Gasteiger partial charge in [0.15, 0.2) is 0 Å². The second-order valence-electron chi connectivity index (χ2n) is 7.56. The zero-order chi connectivity index (χ0) is 18.6. The number of ether oxygens (including phenoxy) is 1. The van der Waals surface area contributed by atoms with Crippen LogP contribution in [-0.2, 0) is 11.2 Å². The molecule has 0 saturated carbocycles. The Morgan fingerprint density at radius 3 is 2.93 bits per heavy atom. The number of nitrogens with zero attached hydrogens (tertiary/aromatic N) is 2. The highest BCUT2D eigenvalue weighted by Crippen LogP contribution is 2.38. The summed E-state index contributed by atoms with van der Waals surface area (Å²) in [6.07, 6.45) is 8.88. The van der Waals surface area contributed by atoms with Crippen LogP contribution in [-0.4, -0.2) is 48.1 Å². The van der Waals surface area contributed by atoms with E-state index in [4.69, 9.17) is 4.74 Å². The average Bonchev–Trinajstić information content (AvgIpc) is 3.00. The predicted octanol–water partition coefficient (Wildman–Crippen LogP) is 3.04. The highest BCUT2D eigenvalue weighted by molar-refractivity contribution is 5.81. The largest absolute Gasteiger partial charge is 0.487 e. The maximum atomic E-state index is 12.7. The lowest BCUT2D eigenvalue weighted by atomic mass is 10.0. The summed E-state index contributed by atoms with van der Waals surface area (Å²) >= 11 is 0. The first-order valence-electron chi connectivity index (χ1n) is 9.89. The highest BCUT2D eigenvalue weighted by atomic mass is 16.5. The lowest BCUT2D eigenvalue weighted by Gasteiger charge is -2.25. The van der Waals surface area contributed by atoms with Gasteiger partial charge >= 0.3 is 0 Å². The van der Waals surface area contributed by atoms with Crippen LogP contribution in [0.3, 0.4) is 0 Å². The average molecular weight is 365 g/mol. The van der Waals surface area contributed by atoms with Crippen molar-refractivity contribution >= 4 is 5.91 Å². The number of likely N-dealkylation sites (N-methyl/N-ethyl adjacent to an activating group) is 1. The number of rotatable bonds is 4. The van der Waals surface area contributed by atoms with Gasteiger partial charge in [-0.1, -0.05) is 31.0 Å². The topological polar surface area (TPSA) is 54.5 Å². The number of likely N-dealkylation sites (tertiary alicyclic amines) is 1. The normalized spacial score (nSPS) is 22.6. The van der Waals surface area contributed by atoms with Crippen LogP contribution >= 0.6 is 0 Å². The van der Waals surface area contributed by atoms with Crippen molar-refractivity contribution < 1.29 is 9.53 Å². The summed E-state index contributed by atoms with van der Waals surface area (Å²) in [5.74, 6) is 1.07. The van der Waals surface area contributed by atoms with Crippen molar-refractivity contribution in [1.29, 1.82) is 0 Å². The van der Waals surface area contributed by atoms with Crippen LogP contribution in [0.25, 0.3) is 11.1 Å². The molecular formula is C22H27N3O2. The van der Waals surface area contributed by atoms with Crippen LogP contribution in [0, 0.1) is 0 Å². The zero-order valence-corrected chi connectivity index (χ0v) is 15.9. The number of amides is 1. The van der Waals surface area contributed by atoms with E-state index in [2.05, 4.69) is 40.4 Å². The van der Waals surface area contributed by atoms with Gasteiger partial charge in [0, 0.05) is 24.4 Å². The number of hydrogen-bond acceptors (Lipinski definition) is 4. The molecule has 1 fully saturated rings. The van der Waals surface area contributed by atoms with Gasteiger partial charge in [-0.3, -0.25) is 14.7 Å². The fourth-order valence-corrected chi connectivity index (χ4v) is 4.13. The molecule has 5 heteroatoms. The minimum atomic E-state index is -0.0111. The molecule has 2 aliphatic rings. The number of aromatic nitrogens is 1. The number of carbonyl (C=O) groups excluding carboxylic acids is 1. The molecule has 27 heavy (non-hydrogen) atoms. The fourth-order valence-electron chi connectivity index (χ4n) is 4.13. The molecule has 0 radical (unpaired) electrons. The maximum Gasteiger partial charge on any atom is 0.237 e. The second-order valence-corrected chi connectivity index (χ2v) is 7.56. The molecule has 1 aromatic heterocycles. The number of nitrogens with one attached hydrogen (secondary N) is 1. The molecule has 0 unspecified atom stereocenters. The van der Waals surface area contributed by atoms with E-state index in [1.54, 1.807) is 12.4 Å². The van der Waals surface area contributed by atoms with Crippen LogP contribution in [0.1, 0.15) is 31.2 Å². The molecule has 0 bridgehead atoms. The first-order chi connectivity index (χ1) is 13.2. The fraction of sp³-hybridized carbons (Fsp3) is 0.455. The van der Waals surface area contributed by atoms with E-state index in [1.807, 2.05) is 12.1 Å². The standard InChI is InChI=1S/C22H27N3O2/c1-25-13-4-2-3-8-20(25)22(26)24-15-18-14-17-6-5-7-19(21(17)27-18)16-9-11-23-12-10-16/h5-7,9-12,18,20H,2-4,8,13-15H2,1H3,(H,24,26)/t18-,20+/m1/s1. The van der Waals surface area contributed by atoms with Crippen molar-refractivity contribution in [3.63, 3.8) is 0 Å². The Kier molecular flexibility index (Phi) is 5.39. The Bertz CT molecular complexity index is 793. The van der Waals surface area contributed by atoms with E-state index >= 15 is 0 Å². The van der Waals surface area contributed by atoms with Gasteiger partial charge in [0.2, 0.25) is 5.91 Å². The quantitative estimate of drug-likeness (QED) is 0.905. The highest BCUT2D eigenvalue weighted by Gasteiger charge is 2.28. The Balaban J connectivity index is 1.40. The minimum absolute atomic E-state index is 0.0105. The van der Waals surface area contributed by atoms with Gasteiger partial charge in [0.1, 0.15) is 11.9 Å². The Morgan fingerprint density at radius 1 is 1.22 bits per heavy atom. The smallest absolute Gasteiger partial charge is 0.237 e. The molecular weight excluding hydrogens is 338 g/mol. The number of hydrogen-bond donors (Lipinski definition) is 1. The molecule has 4 rings (SSSR count). The van der Waals surface area contributed by atoms with E-state index in [1.165, 1.54) is 18.4 Å². The summed E-state index contributed by atoms with van der Waals surface area (Å²) in [5, 5.41) is 3.13. The van der Waals surface area contributed by atoms with Crippen molar-refractivity contribution in [2.24, 2.45) is 0 Å². The second kappa shape index (κ2) is 8.09. The van der Waals surface area contributed by atoms with Crippen LogP contribution in [0.2, 0.25) is 0 Å². The van der Waals surface area contributed by atoms with Crippen LogP contribution in [0.4, 0.5) is 0 Å². The van der Waals surface area contributed by atoms with Crippen molar-refractivity contribution in [3.8, 4) is 16.9 Å². The summed E-state index contributed by atoms with van der Waals surface area (Å²) in [6, 6.07) is 10.2. The lowest BCUT2D eigenvalue weighted by molar-refractivity contribution is -0.126. The number of fused-ring (bicyclic) bond motifs is 1. The molecule has 2 aliphatic heterocycles. The van der Waals surface area contributed by atoms with Crippen molar-refractivity contribution in [2.45, 2.75) is 44.2 Å². The first-order valence-corrected chi connectivity index (χ1v) is 9.89. The number of carbonyl (C=O) groups is 1. The summed E-state index contributed by atoms with van der Waals surface area (Å²) in [4.78, 5) is 18.9. The third-order valence-electron chi connectivity index (χ3n) is 5.65. The summed E-state index contributed by atoms with van der Waals surface area (Å²) in [7, 11) is 2.05. The summed E-state index contributed by atoms with van der Waals surface area (Å²) in [6.45, 7) is 1.55. The lowest BCUT2D eigenvalue weighted by Crippen LogP contribution is -2.47. The van der Waals surface area contributed by atoms with Crippen LogP contribution < -0.4 is 10.1 Å². The molecule has 1 saturated heterocycles. The molecule has 2 atom stereocenters. The number of pyridine rings is 1. The van der Waals surface area contributed by atoms with Gasteiger partial charge in [-0.05, 0) is 49.7 Å². The van der Waals surface area contributed by atoms with Crippen molar-refractivity contribution in [2.75, 3.05) is 20.1 Å². The van der Waals surface area contributed by atoms with E-state index < -0.39 is 0 Å². The predicted molar refractivity (Wildman–Crippen MR) is 106 cm³/mol. The number of benzene rings is 1. The molecule has 142 valence electrons. The van der Waals surface area contributed by atoms with Crippen molar-refractivity contribution in [1.82, 2.24) is 15.2 Å². The van der Waals surface area contributed by atoms with Gasteiger partial charge in [-0.15, -0.1) is 0 Å². The van der Waals surface area contributed by atoms with E-state index in [-0.39, 0.29) is 18.1 Å². The summed E-state index contributed by atoms with van der Waals surface area (Å²) < 4.78 is 6.23. The van der Waals surface area contributed by atoms with Crippen LogP contribution in [0.15, 0.2) is 42.7 Å². The molecule has 5 nitrogen and oxygen atoms in total. The molecule has 1 amide bonds. The monoisotopic (exact) mass is 365 g/mol. The Morgan fingerprint density at radius 2 is 2.07 bits per heavy atom. The molecule has 1 aromatic carbocycles. The Hall–Kier alpha value is -2.40. The van der Waals surface area contributed by atoms with Gasteiger partial charge < -0.3 is 10.1 Å². The van der Waals surface area contributed by atoms with E-state index in [9.17, 15) is 4.79 Å². The van der Waals surface area contributed by atoms with Crippen LogP contribution in [0.5, 0.6) is 5.75 Å². The number of para-hydroxylation sites is 1. The van der Waals surface area contributed by atoms with Crippen molar-refractivity contribution in [3.05, 3.63) is 48.3 Å². The minimum Gasteiger partial charge on any atom is -0.487 e. The molecule has 2 aromatic rings. The zero-order valence-electron chi connectivity index (χ0n) is 15.9. The maximum absolute atomic E-state index is 12.7. The van der Waals surface area contributed by atoms with E-state index in [0.717, 1.165) is 42.7 Å².